The summed E-state index contributed by atoms with van der Waals surface area (Å²) >= 11 is 0. The molecule has 0 saturated carbocycles. The van der Waals surface area contributed by atoms with Gasteiger partial charge in [-0.25, -0.2) is 0 Å². The van der Waals surface area contributed by atoms with Crippen molar-refractivity contribution in [2.75, 3.05) is 12.3 Å². The van der Waals surface area contributed by atoms with E-state index < -0.39 is 0 Å². The van der Waals surface area contributed by atoms with E-state index in [0.29, 0.717) is 0 Å². The monoisotopic (exact) mass is 189 g/mol. The molecule has 0 amide bonds. The number of anilines is 1. The van der Waals surface area contributed by atoms with Crippen LogP contribution in [0.2, 0.25) is 0 Å². The molecule has 1 heterocycles. The highest BCUT2D eigenvalue weighted by Gasteiger charge is 2.15. The normalized spacial score (nSPS) is 14.4. The fourth-order valence-electron chi connectivity index (χ4n) is 1.87. The molecule has 0 atom stereocenters. The average molecular weight is 189 g/mol. The summed E-state index contributed by atoms with van der Waals surface area (Å²) in [5.41, 5.74) is 10.0. The molecule has 0 unspecified atom stereocenters. The maximum Gasteiger partial charge on any atom is 0.125 e. The molecule has 1 aliphatic heterocycles. The molecule has 2 N–H and O–H groups in total. The first-order valence-corrected chi connectivity index (χ1v) is 4.89. The molecule has 0 fully saturated rings. The SMILES string of the molecule is C=C(C)c1cc(N)cc2c1CCCO2. The Kier molecular flexibility index (Phi) is 2.20. The van der Waals surface area contributed by atoms with Crippen LogP contribution in [0.15, 0.2) is 18.7 Å². The fourth-order valence-corrected chi connectivity index (χ4v) is 1.87. The zero-order valence-corrected chi connectivity index (χ0v) is 8.47. The third-order valence-corrected chi connectivity index (χ3v) is 2.52. The van der Waals surface area contributed by atoms with Crippen molar-refractivity contribution in [2.24, 2.45) is 0 Å². The summed E-state index contributed by atoms with van der Waals surface area (Å²) in [7, 11) is 0. The minimum absolute atomic E-state index is 0.753. The molecule has 0 aliphatic carbocycles. The molecule has 2 nitrogen and oxygen atoms in total. The van der Waals surface area contributed by atoms with Crippen LogP contribution >= 0.6 is 0 Å². The second-order valence-electron chi connectivity index (χ2n) is 3.78. The van der Waals surface area contributed by atoms with Crippen molar-refractivity contribution in [1.82, 2.24) is 0 Å². The Morgan fingerprint density at radius 2 is 2.29 bits per heavy atom. The molecular weight excluding hydrogens is 174 g/mol. The van der Waals surface area contributed by atoms with Gasteiger partial charge in [0, 0.05) is 17.3 Å². The molecule has 14 heavy (non-hydrogen) atoms. The first kappa shape index (κ1) is 9.13. The fraction of sp³-hybridized carbons (Fsp3) is 0.333. The average Bonchev–Trinajstić information content (AvgIpc) is 2.16. The van der Waals surface area contributed by atoms with Gasteiger partial charge in [0.1, 0.15) is 5.75 Å². The first-order chi connectivity index (χ1) is 6.68. The number of benzene rings is 1. The van der Waals surface area contributed by atoms with Gasteiger partial charge in [-0.1, -0.05) is 12.2 Å². The zero-order valence-electron chi connectivity index (χ0n) is 8.47. The summed E-state index contributed by atoms with van der Waals surface area (Å²) in [5.74, 6) is 0.939. The third kappa shape index (κ3) is 1.48. The van der Waals surface area contributed by atoms with Gasteiger partial charge in [0.25, 0.3) is 0 Å². The maximum absolute atomic E-state index is 5.80. The number of allylic oxidation sites excluding steroid dienone is 1. The largest absolute Gasteiger partial charge is 0.493 e. The topological polar surface area (TPSA) is 35.2 Å². The van der Waals surface area contributed by atoms with Gasteiger partial charge in [0.05, 0.1) is 6.61 Å². The van der Waals surface area contributed by atoms with Crippen LogP contribution in [0, 0.1) is 0 Å². The maximum atomic E-state index is 5.80. The van der Waals surface area contributed by atoms with Crippen LogP contribution < -0.4 is 10.5 Å². The van der Waals surface area contributed by atoms with Gasteiger partial charge in [-0.3, -0.25) is 0 Å². The Bertz CT molecular complexity index is 382. The number of hydrogen-bond acceptors (Lipinski definition) is 2. The van der Waals surface area contributed by atoms with Crippen molar-refractivity contribution in [2.45, 2.75) is 19.8 Å². The predicted octanol–water partition coefficient (Wildman–Crippen LogP) is 2.63. The lowest BCUT2D eigenvalue weighted by Gasteiger charge is -2.21. The van der Waals surface area contributed by atoms with Crippen molar-refractivity contribution >= 4 is 11.3 Å². The molecule has 1 aliphatic rings. The second-order valence-corrected chi connectivity index (χ2v) is 3.78. The molecule has 2 heteroatoms. The minimum Gasteiger partial charge on any atom is -0.493 e. The number of rotatable bonds is 1. The van der Waals surface area contributed by atoms with E-state index in [-0.39, 0.29) is 0 Å². The summed E-state index contributed by atoms with van der Waals surface area (Å²) in [4.78, 5) is 0. The van der Waals surface area contributed by atoms with E-state index in [0.717, 1.165) is 42.0 Å². The van der Waals surface area contributed by atoms with E-state index in [1.54, 1.807) is 0 Å². The summed E-state index contributed by atoms with van der Waals surface area (Å²) in [6, 6.07) is 3.89. The standard InChI is InChI=1S/C12H15NO/c1-8(2)11-6-9(13)7-12-10(11)4-3-5-14-12/h6-7H,1,3-5,13H2,2H3. The Morgan fingerprint density at radius 3 is 3.00 bits per heavy atom. The van der Waals surface area contributed by atoms with Crippen LogP contribution in [0.4, 0.5) is 5.69 Å². The van der Waals surface area contributed by atoms with E-state index in [9.17, 15) is 0 Å². The predicted molar refractivity (Wildman–Crippen MR) is 59.4 cm³/mol. The highest BCUT2D eigenvalue weighted by molar-refractivity contribution is 5.71. The highest BCUT2D eigenvalue weighted by atomic mass is 16.5. The lowest BCUT2D eigenvalue weighted by atomic mass is 9.95. The van der Waals surface area contributed by atoms with E-state index in [2.05, 4.69) is 6.58 Å². The lowest BCUT2D eigenvalue weighted by Crippen LogP contribution is -2.10. The summed E-state index contributed by atoms with van der Waals surface area (Å²) in [5, 5.41) is 0. The molecule has 1 aromatic carbocycles. The zero-order chi connectivity index (χ0) is 10.1. The quantitative estimate of drug-likeness (QED) is 0.689. The molecular formula is C12H15NO. The van der Waals surface area contributed by atoms with Crippen LogP contribution in [0.25, 0.3) is 5.57 Å². The van der Waals surface area contributed by atoms with Gasteiger partial charge in [0.15, 0.2) is 0 Å². The molecule has 1 aromatic rings. The molecule has 0 aromatic heterocycles. The van der Waals surface area contributed by atoms with Gasteiger partial charge in [0.2, 0.25) is 0 Å². The number of nitrogen functional groups attached to an aromatic ring is 1. The highest BCUT2D eigenvalue weighted by Crippen LogP contribution is 2.33. The third-order valence-electron chi connectivity index (χ3n) is 2.52. The molecule has 0 radical (unpaired) electrons. The Balaban J connectivity index is 2.58. The van der Waals surface area contributed by atoms with Gasteiger partial charge in [-0.2, -0.15) is 0 Å². The van der Waals surface area contributed by atoms with Crippen LogP contribution in [0.5, 0.6) is 5.75 Å². The summed E-state index contributed by atoms with van der Waals surface area (Å²) in [6.07, 6.45) is 2.15. The van der Waals surface area contributed by atoms with E-state index in [4.69, 9.17) is 10.5 Å². The Morgan fingerprint density at radius 1 is 1.50 bits per heavy atom. The van der Waals surface area contributed by atoms with Crippen LogP contribution in [0.3, 0.4) is 0 Å². The van der Waals surface area contributed by atoms with Gasteiger partial charge in [-0.05, 0) is 31.4 Å². The summed E-state index contributed by atoms with van der Waals surface area (Å²) in [6.45, 7) is 6.76. The first-order valence-electron chi connectivity index (χ1n) is 4.89. The van der Waals surface area contributed by atoms with Crippen LogP contribution in [-0.2, 0) is 6.42 Å². The smallest absolute Gasteiger partial charge is 0.125 e. The van der Waals surface area contributed by atoms with Crippen molar-refractivity contribution < 1.29 is 4.74 Å². The van der Waals surface area contributed by atoms with Crippen molar-refractivity contribution in [1.29, 1.82) is 0 Å². The molecule has 2 rings (SSSR count). The number of nitrogens with two attached hydrogens (primary N) is 1. The Hall–Kier alpha value is -1.44. The van der Waals surface area contributed by atoms with E-state index >= 15 is 0 Å². The van der Waals surface area contributed by atoms with Gasteiger partial charge >= 0.3 is 0 Å². The second kappa shape index (κ2) is 3.37. The van der Waals surface area contributed by atoms with Crippen molar-refractivity contribution in [3.63, 3.8) is 0 Å². The molecule has 74 valence electrons. The van der Waals surface area contributed by atoms with Gasteiger partial charge in [-0.15, -0.1) is 0 Å². The molecule has 0 saturated heterocycles. The number of hydrogen-bond donors (Lipinski definition) is 1. The molecule has 0 spiro atoms. The summed E-state index contributed by atoms with van der Waals surface area (Å²) < 4.78 is 5.57. The minimum atomic E-state index is 0.753. The van der Waals surface area contributed by atoms with Crippen molar-refractivity contribution in [3.05, 3.63) is 29.8 Å². The number of fused-ring (bicyclic) bond motifs is 1. The molecule has 0 bridgehead atoms. The van der Waals surface area contributed by atoms with Crippen LogP contribution in [0.1, 0.15) is 24.5 Å². The van der Waals surface area contributed by atoms with E-state index in [1.165, 1.54) is 5.56 Å². The van der Waals surface area contributed by atoms with Gasteiger partial charge < -0.3 is 10.5 Å². The van der Waals surface area contributed by atoms with Crippen LogP contribution in [-0.4, -0.2) is 6.61 Å². The van der Waals surface area contributed by atoms with E-state index in [1.807, 2.05) is 19.1 Å². The Labute approximate surface area is 84.4 Å². The lowest BCUT2D eigenvalue weighted by molar-refractivity contribution is 0.288. The van der Waals surface area contributed by atoms with Crippen molar-refractivity contribution in [3.8, 4) is 5.75 Å². The number of ether oxygens (including phenoxy) is 1.